The monoisotopic (exact) mass is 448 g/mol. The van der Waals surface area contributed by atoms with Crippen LogP contribution in [0.5, 0.6) is 0 Å². The maximum absolute atomic E-state index is 6.63. The lowest BCUT2D eigenvalue weighted by atomic mass is 10.0. The van der Waals surface area contributed by atoms with Gasteiger partial charge in [0.25, 0.3) is 0 Å². The number of nitrogens with two attached hydrogens (primary N) is 1. The van der Waals surface area contributed by atoms with Crippen LogP contribution in [0.25, 0.3) is 28.0 Å². The first-order valence-electron chi connectivity index (χ1n) is 11.6. The molecule has 0 unspecified atom stereocenters. The third kappa shape index (κ3) is 4.35. The Morgan fingerprint density at radius 1 is 0.853 bits per heavy atom. The molecular formula is C28H28N6. The van der Waals surface area contributed by atoms with Crippen LogP contribution < -0.4 is 11.1 Å². The number of aromatic nitrogens is 4. The van der Waals surface area contributed by atoms with E-state index in [2.05, 4.69) is 55.6 Å². The van der Waals surface area contributed by atoms with Gasteiger partial charge < -0.3 is 11.1 Å². The molecule has 0 saturated heterocycles. The Morgan fingerprint density at radius 3 is 2.21 bits per heavy atom. The lowest BCUT2D eigenvalue weighted by molar-refractivity contribution is 0.858. The fourth-order valence-electron chi connectivity index (χ4n) is 4.06. The number of nitrogen functional groups attached to an aromatic ring is 1. The lowest BCUT2D eigenvalue weighted by Gasteiger charge is -2.09. The molecule has 0 amide bonds. The average molecular weight is 449 g/mol. The van der Waals surface area contributed by atoms with Crippen LogP contribution in [-0.2, 0) is 6.42 Å². The van der Waals surface area contributed by atoms with Crippen molar-refractivity contribution in [3.05, 3.63) is 96.1 Å². The highest BCUT2D eigenvalue weighted by Crippen LogP contribution is 2.33. The van der Waals surface area contributed by atoms with E-state index < -0.39 is 0 Å². The van der Waals surface area contributed by atoms with Gasteiger partial charge in [-0.3, -0.25) is 0 Å². The number of hydrogen-bond acceptors (Lipinski definition) is 5. The number of anilines is 2. The zero-order valence-electron chi connectivity index (χ0n) is 19.4. The zero-order chi connectivity index (χ0) is 23.5. The van der Waals surface area contributed by atoms with E-state index in [1.54, 1.807) is 4.68 Å². The van der Waals surface area contributed by atoms with Crippen LogP contribution in [0, 0.1) is 0 Å². The number of hydrogen-bond donors (Lipinski definition) is 2. The molecule has 0 bridgehead atoms. The minimum atomic E-state index is 0.461. The maximum Gasteiger partial charge on any atom is 0.225 e. The highest BCUT2D eigenvalue weighted by molar-refractivity contribution is 5.99. The van der Waals surface area contributed by atoms with Gasteiger partial charge in [-0.25, -0.2) is 9.67 Å². The second kappa shape index (κ2) is 9.35. The van der Waals surface area contributed by atoms with Crippen LogP contribution in [-0.4, -0.2) is 26.3 Å². The Kier molecular flexibility index (Phi) is 5.95. The Hall–Kier alpha value is -4.19. The van der Waals surface area contributed by atoms with Crippen LogP contribution >= 0.6 is 0 Å². The Labute approximate surface area is 199 Å². The van der Waals surface area contributed by atoms with Gasteiger partial charge >= 0.3 is 0 Å². The molecule has 6 nitrogen and oxygen atoms in total. The largest absolute Gasteiger partial charge is 0.383 e. The summed E-state index contributed by atoms with van der Waals surface area (Å²) in [6, 6.07) is 28.7. The topological polar surface area (TPSA) is 81.7 Å². The Balaban J connectivity index is 1.54. The van der Waals surface area contributed by atoms with Crippen LogP contribution in [0.3, 0.4) is 0 Å². The molecule has 2 aromatic heterocycles. The molecule has 34 heavy (non-hydrogen) atoms. The van der Waals surface area contributed by atoms with E-state index in [1.807, 2.05) is 48.5 Å². The summed E-state index contributed by atoms with van der Waals surface area (Å²) in [7, 11) is 0. The summed E-state index contributed by atoms with van der Waals surface area (Å²) >= 11 is 0. The molecule has 0 saturated carbocycles. The van der Waals surface area contributed by atoms with Gasteiger partial charge in [0.15, 0.2) is 5.65 Å². The highest BCUT2D eigenvalue weighted by Gasteiger charge is 2.19. The summed E-state index contributed by atoms with van der Waals surface area (Å²) in [6.45, 7) is 5.08. The van der Waals surface area contributed by atoms with Gasteiger partial charge in [-0.15, -0.1) is 5.10 Å². The first-order chi connectivity index (χ1) is 16.6. The fourth-order valence-corrected chi connectivity index (χ4v) is 4.06. The quantitative estimate of drug-likeness (QED) is 0.327. The molecule has 0 spiro atoms. The van der Waals surface area contributed by atoms with Crippen LogP contribution in [0.1, 0.15) is 30.9 Å². The van der Waals surface area contributed by atoms with E-state index in [0.29, 0.717) is 23.3 Å². The Bertz CT molecular complexity index is 1390. The minimum absolute atomic E-state index is 0.461. The summed E-state index contributed by atoms with van der Waals surface area (Å²) < 4.78 is 1.75. The lowest BCUT2D eigenvalue weighted by Crippen LogP contribution is -2.08. The van der Waals surface area contributed by atoms with Gasteiger partial charge in [-0.1, -0.05) is 86.6 Å². The van der Waals surface area contributed by atoms with Crippen molar-refractivity contribution in [2.24, 2.45) is 0 Å². The van der Waals surface area contributed by atoms with Crippen LogP contribution in [0.4, 0.5) is 11.8 Å². The smallest absolute Gasteiger partial charge is 0.225 e. The molecule has 0 radical (unpaired) electrons. The van der Waals surface area contributed by atoms with Crippen molar-refractivity contribution in [2.45, 2.75) is 26.2 Å². The average Bonchev–Trinajstić information content (AvgIpc) is 3.21. The standard InChI is InChI=1S/C28H28N6/c1-19(2)21-13-15-23(16-14-21)34-26(29)24-25(22-11-7-4-8-12-22)31-28(32-27(24)33-34)30-18-17-20-9-5-3-6-10-20/h3-16,19H,17-18,29H2,1-2H3,(H,30,32,33). The second-order valence-electron chi connectivity index (χ2n) is 8.67. The molecule has 170 valence electrons. The van der Waals surface area contributed by atoms with Gasteiger partial charge in [0, 0.05) is 12.1 Å². The van der Waals surface area contributed by atoms with E-state index in [1.165, 1.54) is 11.1 Å². The summed E-state index contributed by atoms with van der Waals surface area (Å²) in [5.41, 5.74) is 12.4. The summed E-state index contributed by atoms with van der Waals surface area (Å²) in [4.78, 5) is 9.56. The first kappa shape index (κ1) is 21.6. The number of fused-ring (bicyclic) bond motifs is 1. The normalized spacial score (nSPS) is 11.3. The van der Waals surface area contributed by atoms with E-state index in [9.17, 15) is 0 Å². The Morgan fingerprint density at radius 2 is 1.53 bits per heavy atom. The fraction of sp³-hybridized carbons (Fsp3) is 0.179. The van der Waals surface area contributed by atoms with E-state index in [-0.39, 0.29) is 0 Å². The second-order valence-corrected chi connectivity index (χ2v) is 8.67. The number of benzene rings is 3. The van der Waals surface area contributed by atoms with Crippen molar-refractivity contribution in [2.75, 3.05) is 17.6 Å². The van der Waals surface area contributed by atoms with E-state index in [4.69, 9.17) is 20.8 Å². The molecule has 0 fully saturated rings. The summed E-state index contributed by atoms with van der Waals surface area (Å²) in [5, 5.41) is 8.90. The third-order valence-electron chi connectivity index (χ3n) is 5.96. The van der Waals surface area contributed by atoms with E-state index in [0.717, 1.165) is 35.3 Å². The minimum Gasteiger partial charge on any atom is -0.383 e. The molecule has 3 aromatic carbocycles. The van der Waals surface area contributed by atoms with Crippen molar-refractivity contribution in [3.8, 4) is 16.9 Å². The van der Waals surface area contributed by atoms with Crippen molar-refractivity contribution in [1.29, 1.82) is 0 Å². The molecule has 0 atom stereocenters. The molecule has 0 aliphatic heterocycles. The third-order valence-corrected chi connectivity index (χ3v) is 5.96. The summed E-state index contributed by atoms with van der Waals surface area (Å²) in [5.74, 6) is 1.53. The van der Waals surface area contributed by atoms with Crippen molar-refractivity contribution >= 4 is 22.8 Å². The van der Waals surface area contributed by atoms with Gasteiger partial charge in [-0.05, 0) is 35.6 Å². The predicted molar refractivity (Wildman–Crippen MR) is 139 cm³/mol. The van der Waals surface area contributed by atoms with Gasteiger partial charge in [0.2, 0.25) is 5.95 Å². The van der Waals surface area contributed by atoms with E-state index >= 15 is 0 Å². The van der Waals surface area contributed by atoms with Crippen molar-refractivity contribution < 1.29 is 0 Å². The van der Waals surface area contributed by atoms with Crippen LogP contribution in [0.15, 0.2) is 84.9 Å². The summed E-state index contributed by atoms with van der Waals surface area (Å²) in [6.07, 6.45) is 0.877. The zero-order valence-corrected chi connectivity index (χ0v) is 19.4. The van der Waals surface area contributed by atoms with Gasteiger partial charge in [0.1, 0.15) is 5.82 Å². The molecule has 5 aromatic rings. The molecule has 6 heteroatoms. The molecule has 2 heterocycles. The predicted octanol–water partition coefficient (Wildman–Crippen LogP) is 5.84. The van der Waals surface area contributed by atoms with Gasteiger partial charge in [0.05, 0.1) is 16.8 Å². The first-order valence-corrected chi connectivity index (χ1v) is 11.6. The number of nitrogens with one attached hydrogen (secondary N) is 1. The SMILES string of the molecule is CC(C)c1ccc(-n2nc3nc(NCCc4ccccc4)nc(-c4ccccc4)c3c2N)cc1. The molecular weight excluding hydrogens is 420 g/mol. The molecule has 0 aliphatic carbocycles. The van der Waals surface area contributed by atoms with Crippen molar-refractivity contribution in [1.82, 2.24) is 19.7 Å². The van der Waals surface area contributed by atoms with Crippen molar-refractivity contribution in [3.63, 3.8) is 0 Å². The molecule has 3 N–H and O–H groups in total. The molecule has 5 rings (SSSR count). The molecule has 0 aliphatic rings. The highest BCUT2D eigenvalue weighted by atomic mass is 15.3. The number of nitrogens with zero attached hydrogens (tertiary/aromatic N) is 4. The number of rotatable bonds is 7. The van der Waals surface area contributed by atoms with Gasteiger partial charge in [-0.2, -0.15) is 4.98 Å². The maximum atomic E-state index is 6.63. The van der Waals surface area contributed by atoms with Crippen LogP contribution in [0.2, 0.25) is 0 Å².